The molecular formula is C14H12FN3OS. The average Bonchev–Trinajstić information content (AvgIpc) is 2.77. The topological polar surface area (TPSA) is 42.8 Å². The van der Waals surface area contributed by atoms with Crippen molar-refractivity contribution in [1.29, 1.82) is 0 Å². The zero-order valence-electron chi connectivity index (χ0n) is 10.8. The Kier molecular flexibility index (Phi) is 3.23. The minimum absolute atomic E-state index is 0.232. The second-order valence-electron chi connectivity index (χ2n) is 4.19. The molecule has 20 heavy (non-hydrogen) atoms. The summed E-state index contributed by atoms with van der Waals surface area (Å²) in [7, 11) is 0. The van der Waals surface area contributed by atoms with Crippen LogP contribution in [0, 0.1) is 10.6 Å². The van der Waals surface area contributed by atoms with Crippen molar-refractivity contribution in [2.45, 2.75) is 6.92 Å². The van der Waals surface area contributed by atoms with Crippen LogP contribution in [0.3, 0.4) is 0 Å². The van der Waals surface area contributed by atoms with E-state index in [1.807, 2.05) is 19.1 Å². The molecule has 0 atom stereocenters. The van der Waals surface area contributed by atoms with Crippen LogP contribution >= 0.6 is 12.2 Å². The standard InChI is InChI=1S/C14H12FN3OS/c1-2-19-12-6-5-9(8-10(12)15)18-13-11(17-14(18)20)4-3-7-16-13/h3-8H,2H2,1H3,(H,17,20). The van der Waals surface area contributed by atoms with Crippen molar-refractivity contribution in [3.8, 4) is 11.4 Å². The van der Waals surface area contributed by atoms with Crippen molar-refractivity contribution in [1.82, 2.24) is 14.5 Å². The summed E-state index contributed by atoms with van der Waals surface area (Å²) in [5.41, 5.74) is 2.09. The van der Waals surface area contributed by atoms with Gasteiger partial charge in [0.15, 0.2) is 22.0 Å². The lowest BCUT2D eigenvalue weighted by atomic mass is 10.3. The fourth-order valence-corrected chi connectivity index (χ4v) is 2.38. The van der Waals surface area contributed by atoms with E-state index < -0.39 is 5.82 Å². The maximum absolute atomic E-state index is 14.0. The molecule has 1 N–H and O–H groups in total. The first-order valence-electron chi connectivity index (χ1n) is 6.19. The monoisotopic (exact) mass is 289 g/mol. The van der Waals surface area contributed by atoms with E-state index in [1.54, 1.807) is 22.9 Å². The van der Waals surface area contributed by atoms with E-state index >= 15 is 0 Å². The Hall–Kier alpha value is -2.21. The maximum Gasteiger partial charge on any atom is 0.183 e. The predicted octanol–water partition coefficient (Wildman–Crippen LogP) is 3.62. The number of rotatable bonds is 3. The Morgan fingerprint density at radius 2 is 2.25 bits per heavy atom. The number of H-pyrrole nitrogens is 1. The molecule has 2 aromatic heterocycles. The molecule has 0 saturated heterocycles. The smallest absolute Gasteiger partial charge is 0.183 e. The van der Waals surface area contributed by atoms with Crippen LogP contribution in [-0.2, 0) is 0 Å². The van der Waals surface area contributed by atoms with Gasteiger partial charge in [0.1, 0.15) is 0 Å². The Morgan fingerprint density at radius 3 is 3.00 bits per heavy atom. The minimum Gasteiger partial charge on any atom is -0.491 e. The van der Waals surface area contributed by atoms with Crippen LogP contribution in [0.25, 0.3) is 16.9 Å². The molecule has 0 spiro atoms. The Morgan fingerprint density at radius 1 is 1.40 bits per heavy atom. The van der Waals surface area contributed by atoms with Crippen molar-refractivity contribution < 1.29 is 9.13 Å². The quantitative estimate of drug-likeness (QED) is 0.749. The molecule has 2 heterocycles. The summed E-state index contributed by atoms with van der Waals surface area (Å²) in [6.45, 7) is 2.23. The van der Waals surface area contributed by atoms with Crippen molar-refractivity contribution in [3.63, 3.8) is 0 Å². The van der Waals surface area contributed by atoms with Gasteiger partial charge in [0, 0.05) is 12.3 Å². The van der Waals surface area contributed by atoms with Crippen molar-refractivity contribution in [2.24, 2.45) is 0 Å². The molecule has 4 nitrogen and oxygen atoms in total. The molecule has 0 amide bonds. The predicted molar refractivity (Wildman–Crippen MR) is 77.4 cm³/mol. The number of benzene rings is 1. The summed E-state index contributed by atoms with van der Waals surface area (Å²) in [4.78, 5) is 7.32. The van der Waals surface area contributed by atoms with Gasteiger partial charge in [-0.3, -0.25) is 4.57 Å². The molecule has 0 saturated carbocycles. The number of fused-ring (bicyclic) bond motifs is 1. The zero-order chi connectivity index (χ0) is 14.1. The zero-order valence-corrected chi connectivity index (χ0v) is 11.6. The molecule has 6 heteroatoms. The summed E-state index contributed by atoms with van der Waals surface area (Å²) in [5, 5.41) is 0. The highest BCUT2D eigenvalue weighted by Gasteiger charge is 2.10. The van der Waals surface area contributed by atoms with Gasteiger partial charge in [0.2, 0.25) is 0 Å². The first-order valence-corrected chi connectivity index (χ1v) is 6.60. The summed E-state index contributed by atoms with van der Waals surface area (Å²) >= 11 is 5.28. The first-order chi connectivity index (χ1) is 9.70. The van der Waals surface area contributed by atoms with Gasteiger partial charge in [0.25, 0.3) is 0 Å². The van der Waals surface area contributed by atoms with Crippen LogP contribution in [0.4, 0.5) is 4.39 Å². The molecule has 102 valence electrons. The maximum atomic E-state index is 14.0. The van der Waals surface area contributed by atoms with E-state index in [1.165, 1.54) is 6.07 Å². The minimum atomic E-state index is -0.420. The van der Waals surface area contributed by atoms with Gasteiger partial charge in [-0.15, -0.1) is 0 Å². The van der Waals surface area contributed by atoms with Gasteiger partial charge >= 0.3 is 0 Å². The second kappa shape index (κ2) is 5.05. The summed E-state index contributed by atoms with van der Waals surface area (Å²) in [5.74, 6) is -0.188. The highest BCUT2D eigenvalue weighted by atomic mass is 32.1. The highest BCUT2D eigenvalue weighted by molar-refractivity contribution is 7.71. The number of nitrogens with one attached hydrogen (secondary N) is 1. The molecule has 1 aromatic carbocycles. The third kappa shape index (κ3) is 2.08. The number of aromatic nitrogens is 3. The van der Waals surface area contributed by atoms with Crippen LogP contribution < -0.4 is 4.74 Å². The number of halogens is 1. The van der Waals surface area contributed by atoms with Gasteiger partial charge in [-0.05, 0) is 43.4 Å². The Bertz CT molecular complexity index is 825. The molecule has 3 aromatic rings. The lowest BCUT2D eigenvalue weighted by Crippen LogP contribution is -1.99. The Balaban J connectivity index is 2.18. The van der Waals surface area contributed by atoms with E-state index in [-0.39, 0.29) is 5.75 Å². The van der Waals surface area contributed by atoms with Gasteiger partial charge < -0.3 is 9.72 Å². The third-order valence-corrected chi connectivity index (χ3v) is 3.20. The number of hydrogen-bond donors (Lipinski definition) is 1. The molecule has 0 aliphatic rings. The number of ether oxygens (including phenoxy) is 1. The molecule has 0 radical (unpaired) electrons. The number of aromatic amines is 1. The van der Waals surface area contributed by atoms with Crippen LogP contribution in [0.1, 0.15) is 6.92 Å². The first kappa shape index (κ1) is 12.8. The van der Waals surface area contributed by atoms with E-state index in [0.717, 1.165) is 5.52 Å². The number of nitrogens with zero attached hydrogens (tertiary/aromatic N) is 2. The molecule has 0 unspecified atom stereocenters. The van der Waals surface area contributed by atoms with E-state index in [2.05, 4.69) is 9.97 Å². The number of pyridine rings is 1. The fourth-order valence-electron chi connectivity index (χ4n) is 2.08. The van der Waals surface area contributed by atoms with Gasteiger partial charge in [-0.25, -0.2) is 9.37 Å². The Labute approximate surface area is 119 Å². The molecule has 0 aliphatic heterocycles. The summed E-state index contributed by atoms with van der Waals surface area (Å²) in [6, 6.07) is 8.43. The van der Waals surface area contributed by atoms with E-state index in [9.17, 15) is 4.39 Å². The summed E-state index contributed by atoms with van der Waals surface area (Å²) in [6.07, 6.45) is 1.67. The number of hydrogen-bond acceptors (Lipinski definition) is 3. The molecule has 0 aliphatic carbocycles. The lowest BCUT2D eigenvalue weighted by Gasteiger charge is -2.08. The van der Waals surface area contributed by atoms with Crippen molar-refractivity contribution in [3.05, 3.63) is 47.1 Å². The van der Waals surface area contributed by atoms with Crippen LogP contribution in [0.2, 0.25) is 0 Å². The SMILES string of the molecule is CCOc1ccc(-n2c(=S)[nH]c3cccnc32)cc1F. The van der Waals surface area contributed by atoms with Crippen LogP contribution in [0.15, 0.2) is 36.5 Å². The van der Waals surface area contributed by atoms with Crippen LogP contribution in [-0.4, -0.2) is 21.1 Å². The van der Waals surface area contributed by atoms with E-state index in [0.29, 0.717) is 22.7 Å². The third-order valence-electron chi connectivity index (χ3n) is 2.92. The largest absolute Gasteiger partial charge is 0.491 e. The fraction of sp³-hybridized carbons (Fsp3) is 0.143. The second-order valence-corrected chi connectivity index (χ2v) is 4.57. The molecular weight excluding hydrogens is 277 g/mol. The van der Waals surface area contributed by atoms with Crippen LogP contribution in [0.5, 0.6) is 5.75 Å². The van der Waals surface area contributed by atoms with Crippen molar-refractivity contribution in [2.75, 3.05) is 6.61 Å². The van der Waals surface area contributed by atoms with Crippen molar-refractivity contribution >= 4 is 23.4 Å². The molecule has 3 rings (SSSR count). The normalized spacial score (nSPS) is 10.9. The van der Waals surface area contributed by atoms with E-state index in [4.69, 9.17) is 17.0 Å². The van der Waals surface area contributed by atoms with Gasteiger partial charge in [0.05, 0.1) is 17.8 Å². The van der Waals surface area contributed by atoms with Gasteiger partial charge in [-0.1, -0.05) is 0 Å². The number of imidazole rings is 1. The lowest BCUT2D eigenvalue weighted by molar-refractivity contribution is 0.321. The summed E-state index contributed by atoms with van der Waals surface area (Å²) < 4.78 is 21.3. The average molecular weight is 289 g/mol. The highest BCUT2D eigenvalue weighted by Crippen LogP contribution is 2.23. The van der Waals surface area contributed by atoms with Gasteiger partial charge in [-0.2, -0.15) is 0 Å². The molecule has 0 fully saturated rings. The molecule has 0 bridgehead atoms.